The topological polar surface area (TPSA) is 34.9 Å². The molecular weight excluding hydrogens is 152 g/mol. The predicted octanol–water partition coefficient (Wildman–Crippen LogP) is 1.11. The minimum absolute atomic E-state index is 0.0296. The molecule has 1 aromatic heterocycles. The molecule has 0 bridgehead atoms. The van der Waals surface area contributed by atoms with Crippen molar-refractivity contribution in [2.24, 2.45) is 0 Å². The summed E-state index contributed by atoms with van der Waals surface area (Å²) in [5.74, 6) is 2.54. The molecule has 62 valence electrons. The first kappa shape index (κ1) is 8.54. The van der Waals surface area contributed by atoms with E-state index >= 15 is 0 Å². The summed E-state index contributed by atoms with van der Waals surface area (Å²) in [7, 11) is 0. The van der Waals surface area contributed by atoms with Gasteiger partial charge in [-0.1, -0.05) is 0 Å². The summed E-state index contributed by atoms with van der Waals surface area (Å²) in [5.41, 5.74) is 0.632. The average molecular weight is 162 g/mol. The maximum absolute atomic E-state index is 10.8. The Hall–Kier alpha value is -1.56. The fourth-order valence-corrected chi connectivity index (χ4v) is 0.847. The van der Waals surface area contributed by atoms with Crippen molar-refractivity contribution in [2.45, 2.75) is 19.9 Å². The number of aromatic nitrogens is 2. The summed E-state index contributed by atoms with van der Waals surface area (Å²) in [6.45, 7) is 2.19. The number of ketones is 1. The van der Waals surface area contributed by atoms with Gasteiger partial charge in [0.25, 0.3) is 0 Å². The van der Waals surface area contributed by atoms with Crippen molar-refractivity contribution < 1.29 is 4.79 Å². The van der Waals surface area contributed by atoms with E-state index in [-0.39, 0.29) is 5.78 Å². The molecule has 3 nitrogen and oxygen atoms in total. The van der Waals surface area contributed by atoms with Crippen molar-refractivity contribution in [3.63, 3.8) is 0 Å². The van der Waals surface area contributed by atoms with Crippen LogP contribution in [0.3, 0.4) is 0 Å². The first-order chi connectivity index (χ1) is 5.74. The minimum atomic E-state index is 0.0296. The Morgan fingerprint density at radius 2 is 2.58 bits per heavy atom. The van der Waals surface area contributed by atoms with Crippen LogP contribution in [-0.4, -0.2) is 15.6 Å². The smallest absolute Gasteiger partial charge is 0.162 e. The molecular formula is C9H10N2O. The lowest BCUT2D eigenvalue weighted by Crippen LogP contribution is -1.96. The molecule has 1 rings (SSSR count). The van der Waals surface area contributed by atoms with Crippen LogP contribution in [-0.2, 0) is 6.54 Å². The minimum Gasteiger partial charge on any atom is -0.294 e. The van der Waals surface area contributed by atoms with Gasteiger partial charge >= 0.3 is 0 Å². The number of hydrogen-bond donors (Lipinski definition) is 0. The quantitative estimate of drug-likeness (QED) is 0.493. The molecule has 0 aromatic carbocycles. The highest BCUT2D eigenvalue weighted by atomic mass is 16.1. The van der Waals surface area contributed by atoms with E-state index in [0.717, 1.165) is 0 Å². The summed E-state index contributed by atoms with van der Waals surface area (Å²) in [6, 6.07) is 0. The molecule has 0 aliphatic rings. The molecule has 0 spiro atoms. The van der Waals surface area contributed by atoms with Gasteiger partial charge in [0.1, 0.15) is 0 Å². The highest BCUT2D eigenvalue weighted by molar-refractivity contribution is 5.93. The fourth-order valence-electron chi connectivity index (χ4n) is 0.847. The Kier molecular flexibility index (Phi) is 2.65. The Bertz CT molecular complexity index is 320. The van der Waals surface area contributed by atoms with Gasteiger partial charge in [-0.2, -0.15) is 5.10 Å². The van der Waals surface area contributed by atoms with Gasteiger partial charge in [-0.3, -0.25) is 9.48 Å². The van der Waals surface area contributed by atoms with Crippen molar-refractivity contribution in [2.75, 3.05) is 0 Å². The van der Waals surface area contributed by atoms with Crippen LogP contribution in [0.2, 0.25) is 0 Å². The number of hydrogen-bond acceptors (Lipinski definition) is 2. The molecule has 0 amide bonds. The Morgan fingerprint density at radius 3 is 3.08 bits per heavy atom. The maximum atomic E-state index is 10.8. The lowest BCUT2D eigenvalue weighted by Gasteiger charge is -1.93. The summed E-state index contributed by atoms with van der Waals surface area (Å²) in [4.78, 5) is 10.8. The first-order valence-electron chi connectivity index (χ1n) is 3.71. The molecule has 1 aromatic rings. The van der Waals surface area contributed by atoms with E-state index in [1.807, 2.05) is 0 Å². The van der Waals surface area contributed by atoms with E-state index < -0.39 is 0 Å². The van der Waals surface area contributed by atoms with Gasteiger partial charge in [-0.15, -0.1) is 12.3 Å². The number of rotatable bonds is 3. The maximum Gasteiger partial charge on any atom is 0.162 e. The number of terminal acetylenes is 1. The van der Waals surface area contributed by atoms with Gasteiger partial charge in [0.15, 0.2) is 5.78 Å². The zero-order valence-corrected chi connectivity index (χ0v) is 6.95. The van der Waals surface area contributed by atoms with Gasteiger partial charge in [0.2, 0.25) is 0 Å². The van der Waals surface area contributed by atoms with Gasteiger partial charge in [0.05, 0.1) is 18.3 Å². The average Bonchev–Trinajstić information content (AvgIpc) is 2.48. The zero-order chi connectivity index (χ0) is 8.97. The third-order valence-corrected chi connectivity index (χ3v) is 1.53. The molecule has 0 saturated heterocycles. The van der Waals surface area contributed by atoms with Crippen molar-refractivity contribution >= 4 is 5.78 Å². The number of nitrogens with zero attached hydrogens (tertiary/aromatic N) is 2. The van der Waals surface area contributed by atoms with E-state index in [0.29, 0.717) is 18.5 Å². The Morgan fingerprint density at radius 1 is 1.83 bits per heavy atom. The second kappa shape index (κ2) is 3.72. The molecule has 0 radical (unpaired) electrons. The highest BCUT2D eigenvalue weighted by Crippen LogP contribution is 1.98. The summed E-state index contributed by atoms with van der Waals surface area (Å²) in [5, 5.41) is 3.98. The van der Waals surface area contributed by atoms with Crippen LogP contribution in [0.25, 0.3) is 0 Å². The lowest BCUT2D eigenvalue weighted by molar-refractivity contribution is 0.101. The van der Waals surface area contributed by atoms with Gasteiger partial charge in [-0.25, -0.2) is 0 Å². The van der Waals surface area contributed by atoms with E-state index in [4.69, 9.17) is 6.42 Å². The molecule has 1 heterocycles. The summed E-state index contributed by atoms with van der Waals surface area (Å²) < 4.78 is 1.68. The SMILES string of the molecule is C#CCCn1cc(C(C)=O)cn1. The van der Waals surface area contributed by atoms with Crippen molar-refractivity contribution in [1.29, 1.82) is 0 Å². The van der Waals surface area contributed by atoms with Gasteiger partial charge in [-0.05, 0) is 6.92 Å². The van der Waals surface area contributed by atoms with E-state index in [1.54, 1.807) is 17.1 Å². The molecule has 0 fully saturated rings. The molecule has 3 heteroatoms. The zero-order valence-electron chi connectivity index (χ0n) is 6.95. The van der Waals surface area contributed by atoms with Crippen LogP contribution in [0, 0.1) is 12.3 Å². The van der Waals surface area contributed by atoms with E-state index in [2.05, 4.69) is 11.0 Å². The van der Waals surface area contributed by atoms with Crippen LogP contribution in [0.4, 0.5) is 0 Å². The molecule has 12 heavy (non-hydrogen) atoms. The fraction of sp³-hybridized carbons (Fsp3) is 0.333. The number of carbonyl (C=O) groups is 1. The van der Waals surface area contributed by atoms with E-state index in [1.165, 1.54) is 6.92 Å². The monoisotopic (exact) mass is 162 g/mol. The predicted molar refractivity (Wildman–Crippen MR) is 45.7 cm³/mol. The molecule has 0 aliphatic heterocycles. The lowest BCUT2D eigenvalue weighted by atomic mass is 10.3. The van der Waals surface area contributed by atoms with Crippen molar-refractivity contribution in [3.05, 3.63) is 18.0 Å². The van der Waals surface area contributed by atoms with Crippen molar-refractivity contribution in [1.82, 2.24) is 9.78 Å². The second-order valence-corrected chi connectivity index (χ2v) is 2.50. The van der Waals surface area contributed by atoms with Gasteiger partial charge < -0.3 is 0 Å². The molecule has 0 unspecified atom stereocenters. The third-order valence-electron chi connectivity index (χ3n) is 1.53. The summed E-state index contributed by atoms with van der Waals surface area (Å²) >= 11 is 0. The molecule has 0 atom stereocenters. The highest BCUT2D eigenvalue weighted by Gasteiger charge is 2.01. The van der Waals surface area contributed by atoms with Crippen LogP contribution in [0.15, 0.2) is 12.4 Å². The number of carbonyl (C=O) groups excluding carboxylic acids is 1. The van der Waals surface area contributed by atoms with Crippen molar-refractivity contribution in [3.8, 4) is 12.3 Å². The van der Waals surface area contributed by atoms with Crippen LogP contribution < -0.4 is 0 Å². The Labute approximate surface area is 71.4 Å². The third kappa shape index (κ3) is 1.96. The molecule has 0 N–H and O–H groups in total. The molecule has 0 saturated carbocycles. The van der Waals surface area contributed by atoms with Crippen LogP contribution >= 0.6 is 0 Å². The van der Waals surface area contributed by atoms with E-state index in [9.17, 15) is 4.79 Å². The summed E-state index contributed by atoms with van der Waals surface area (Å²) in [6.07, 6.45) is 8.99. The van der Waals surface area contributed by atoms with Gasteiger partial charge in [0, 0.05) is 12.6 Å². The second-order valence-electron chi connectivity index (χ2n) is 2.50. The standard InChI is InChI=1S/C9H10N2O/c1-3-4-5-11-7-9(6-10-11)8(2)12/h1,6-7H,4-5H2,2H3. The van der Waals surface area contributed by atoms with Crippen LogP contribution in [0.1, 0.15) is 23.7 Å². The number of aryl methyl sites for hydroxylation is 1. The Balaban J connectivity index is 2.66. The molecule has 0 aliphatic carbocycles. The van der Waals surface area contributed by atoms with Crippen LogP contribution in [0.5, 0.6) is 0 Å². The largest absolute Gasteiger partial charge is 0.294 e. The normalized spacial score (nSPS) is 9.33. The number of Topliss-reactive ketones (excluding diaryl/α,β-unsaturated/α-hetero) is 1. The first-order valence-corrected chi connectivity index (χ1v) is 3.71.